The number of nitrogens with one attached hydrogen (secondary N) is 1. The summed E-state index contributed by atoms with van der Waals surface area (Å²) in [4.78, 5) is 0.217. The maximum atomic E-state index is 12.4. The lowest BCUT2D eigenvalue weighted by Gasteiger charge is -2.35. The molecule has 4 nitrogen and oxygen atoms in total. The number of aliphatic hydroxyl groups is 1. The lowest BCUT2D eigenvalue weighted by atomic mass is 9.75. The fourth-order valence-corrected chi connectivity index (χ4v) is 5.61. The standard InChI is InChI=1S/C14H19Br2NO3S/c15-11-4-5-13(12(16)8-11)21(19,20)17-9-14(10-18)6-2-1-3-7-14/h4-5,8,17-18H,1-3,6-7,9-10H2. The summed E-state index contributed by atoms with van der Waals surface area (Å²) in [6.07, 6.45) is 4.99. The topological polar surface area (TPSA) is 66.4 Å². The van der Waals surface area contributed by atoms with E-state index < -0.39 is 10.0 Å². The van der Waals surface area contributed by atoms with Gasteiger partial charge in [-0.1, -0.05) is 35.2 Å². The molecule has 1 aliphatic carbocycles. The van der Waals surface area contributed by atoms with Crippen LogP contribution in [0.1, 0.15) is 32.1 Å². The van der Waals surface area contributed by atoms with Gasteiger partial charge in [-0.3, -0.25) is 0 Å². The van der Waals surface area contributed by atoms with Crippen LogP contribution in [0.15, 0.2) is 32.0 Å². The highest BCUT2D eigenvalue weighted by atomic mass is 79.9. The lowest BCUT2D eigenvalue weighted by Crippen LogP contribution is -2.41. The van der Waals surface area contributed by atoms with E-state index in [-0.39, 0.29) is 23.5 Å². The second-order valence-electron chi connectivity index (χ2n) is 5.62. The van der Waals surface area contributed by atoms with Gasteiger partial charge in [0.25, 0.3) is 0 Å². The molecule has 0 amide bonds. The molecule has 1 aromatic carbocycles. The number of hydrogen-bond donors (Lipinski definition) is 2. The second kappa shape index (κ2) is 7.08. The lowest BCUT2D eigenvalue weighted by molar-refractivity contribution is 0.0867. The molecule has 0 unspecified atom stereocenters. The Hall–Kier alpha value is 0.0500. The van der Waals surface area contributed by atoms with Crippen molar-refractivity contribution in [2.75, 3.05) is 13.2 Å². The van der Waals surface area contributed by atoms with Crippen LogP contribution in [0.3, 0.4) is 0 Å². The van der Waals surface area contributed by atoms with Gasteiger partial charge in [-0.05, 0) is 47.0 Å². The summed E-state index contributed by atoms with van der Waals surface area (Å²) in [5, 5.41) is 9.65. The Labute approximate surface area is 142 Å². The van der Waals surface area contributed by atoms with E-state index in [2.05, 4.69) is 36.6 Å². The van der Waals surface area contributed by atoms with Gasteiger partial charge in [0.2, 0.25) is 10.0 Å². The molecule has 0 bridgehead atoms. The minimum absolute atomic E-state index is 0.0248. The minimum atomic E-state index is -3.58. The molecule has 0 heterocycles. The quantitative estimate of drug-likeness (QED) is 0.736. The zero-order valence-electron chi connectivity index (χ0n) is 11.6. The zero-order valence-corrected chi connectivity index (χ0v) is 15.6. The number of hydrogen-bond acceptors (Lipinski definition) is 3. The third-order valence-corrected chi connectivity index (χ3v) is 6.94. The van der Waals surface area contributed by atoms with Crippen molar-refractivity contribution in [3.05, 3.63) is 27.1 Å². The third-order valence-electron chi connectivity index (χ3n) is 4.07. The molecule has 1 fully saturated rings. The van der Waals surface area contributed by atoms with Crippen molar-refractivity contribution in [1.29, 1.82) is 0 Å². The molecule has 7 heteroatoms. The van der Waals surface area contributed by atoms with E-state index in [0.717, 1.165) is 36.6 Å². The molecular weight excluding hydrogens is 422 g/mol. The highest BCUT2D eigenvalue weighted by molar-refractivity contribution is 9.11. The Balaban J connectivity index is 2.13. The number of aliphatic hydroxyl groups excluding tert-OH is 1. The van der Waals surface area contributed by atoms with Gasteiger partial charge in [0.05, 0.1) is 4.90 Å². The summed E-state index contributed by atoms with van der Waals surface area (Å²) in [7, 11) is -3.58. The van der Waals surface area contributed by atoms with E-state index in [1.807, 2.05) is 0 Å². The third kappa shape index (κ3) is 4.28. The zero-order chi connectivity index (χ0) is 15.5. The first kappa shape index (κ1) is 17.4. The molecule has 1 saturated carbocycles. The van der Waals surface area contributed by atoms with Crippen LogP contribution in [0.4, 0.5) is 0 Å². The van der Waals surface area contributed by atoms with Crippen molar-refractivity contribution in [3.63, 3.8) is 0 Å². The van der Waals surface area contributed by atoms with Gasteiger partial charge in [0, 0.05) is 27.5 Å². The largest absolute Gasteiger partial charge is 0.396 e. The summed E-state index contributed by atoms with van der Waals surface area (Å²) < 4.78 is 28.9. The molecule has 1 aliphatic rings. The monoisotopic (exact) mass is 439 g/mol. The summed E-state index contributed by atoms with van der Waals surface area (Å²) >= 11 is 6.59. The van der Waals surface area contributed by atoms with Crippen LogP contribution >= 0.6 is 31.9 Å². The molecule has 21 heavy (non-hydrogen) atoms. The molecule has 0 saturated heterocycles. The fraction of sp³-hybridized carbons (Fsp3) is 0.571. The average Bonchev–Trinajstić information content (AvgIpc) is 2.46. The Morgan fingerprint density at radius 2 is 1.86 bits per heavy atom. The van der Waals surface area contributed by atoms with Crippen LogP contribution in [0.2, 0.25) is 0 Å². The molecular formula is C14H19Br2NO3S. The molecule has 0 aliphatic heterocycles. The first-order chi connectivity index (χ1) is 9.88. The first-order valence-electron chi connectivity index (χ1n) is 6.94. The Kier molecular flexibility index (Phi) is 5.87. The van der Waals surface area contributed by atoms with E-state index >= 15 is 0 Å². The van der Waals surface area contributed by atoms with Gasteiger partial charge < -0.3 is 5.11 Å². The summed E-state index contributed by atoms with van der Waals surface area (Å²) in [5.74, 6) is 0. The minimum Gasteiger partial charge on any atom is -0.396 e. The Morgan fingerprint density at radius 1 is 1.19 bits per heavy atom. The number of rotatable bonds is 5. The van der Waals surface area contributed by atoms with Crippen LogP contribution in [0.5, 0.6) is 0 Å². The predicted octanol–water partition coefficient (Wildman–Crippen LogP) is 3.43. The second-order valence-corrected chi connectivity index (χ2v) is 9.12. The highest BCUT2D eigenvalue weighted by Crippen LogP contribution is 2.35. The summed E-state index contributed by atoms with van der Waals surface area (Å²) in [5.41, 5.74) is -0.312. The molecule has 0 radical (unpaired) electrons. The van der Waals surface area contributed by atoms with E-state index in [1.165, 1.54) is 0 Å². The normalized spacial score (nSPS) is 18.6. The van der Waals surface area contributed by atoms with Gasteiger partial charge in [0.1, 0.15) is 0 Å². The van der Waals surface area contributed by atoms with Crippen molar-refractivity contribution >= 4 is 41.9 Å². The van der Waals surface area contributed by atoms with Crippen molar-refractivity contribution in [3.8, 4) is 0 Å². The first-order valence-corrected chi connectivity index (χ1v) is 10.0. The van der Waals surface area contributed by atoms with Crippen LogP contribution in [-0.4, -0.2) is 26.7 Å². The molecule has 0 atom stereocenters. The molecule has 2 N–H and O–H groups in total. The molecule has 0 spiro atoms. The fourth-order valence-electron chi connectivity index (χ4n) is 2.71. The van der Waals surface area contributed by atoms with Crippen LogP contribution in [-0.2, 0) is 10.0 Å². The van der Waals surface area contributed by atoms with E-state index in [4.69, 9.17) is 0 Å². The molecule has 2 rings (SSSR count). The smallest absolute Gasteiger partial charge is 0.241 e. The van der Waals surface area contributed by atoms with Gasteiger partial charge in [-0.15, -0.1) is 0 Å². The van der Waals surface area contributed by atoms with E-state index in [1.54, 1.807) is 18.2 Å². The highest BCUT2D eigenvalue weighted by Gasteiger charge is 2.33. The number of halogens is 2. The number of benzene rings is 1. The molecule has 0 aromatic heterocycles. The Bertz CT molecular complexity index is 598. The van der Waals surface area contributed by atoms with Crippen LogP contribution in [0.25, 0.3) is 0 Å². The van der Waals surface area contributed by atoms with Crippen molar-refractivity contribution in [2.45, 2.75) is 37.0 Å². The molecule has 1 aromatic rings. The number of sulfonamides is 1. The van der Waals surface area contributed by atoms with Crippen LogP contribution in [0, 0.1) is 5.41 Å². The maximum Gasteiger partial charge on any atom is 0.241 e. The van der Waals surface area contributed by atoms with Crippen molar-refractivity contribution < 1.29 is 13.5 Å². The predicted molar refractivity (Wildman–Crippen MR) is 89.6 cm³/mol. The van der Waals surface area contributed by atoms with Gasteiger partial charge in [-0.2, -0.15) is 0 Å². The van der Waals surface area contributed by atoms with Crippen molar-refractivity contribution in [1.82, 2.24) is 4.72 Å². The average molecular weight is 441 g/mol. The van der Waals surface area contributed by atoms with E-state index in [9.17, 15) is 13.5 Å². The van der Waals surface area contributed by atoms with E-state index in [0.29, 0.717) is 4.47 Å². The summed E-state index contributed by atoms with van der Waals surface area (Å²) in [6, 6.07) is 4.96. The van der Waals surface area contributed by atoms with Gasteiger partial charge >= 0.3 is 0 Å². The van der Waals surface area contributed by atoms with Gasteiger partial charge in [-0.25, -0.2) is 13.1 Å². The summed E-state index contributed by atoms with van der Waals surface area (Å²) in [6.45, 7) is 0.311. The SMILES string of the molecule is O=S(=O)(NCC1(CO)CCCCC1)c1ccc(Br)cc1Br. The molecule has 118 valence electrons. The van der Waals surface area contributed by atoms with Gasteiger partial charge in [0.15, 0.2) is 0 Å². The van der Waals surface area contributed by atoms with Crippen LogP contribution < -0.4 is 4.72 Å². The maximum absolute atomic E-state index is 12.4. The Morgan fingerprint density at radius 3 is 2.43 bits per heavy atom. The van der Waals surface area contributed by atoms with Crippen molar-refractivity contribution in [2.24, 2.45) is 5.41 Å².